The van der Waals surface area contributed by atoms with Crippen LogP contribution in [0.1, 0.15) is 34.1 Å². The van der Waals surface area contributed by atoms with Gasteiger partial charge in [0.2, 0.25) is 5.91 Å². The van der Waals surface area contributed by atoms with Crippen molar-refractivity contribution in [1.82, 2.24) is 20.4 Å². The molecular weight excluding hydrogens is 532 g/mol. The van der Waals surface area contributed by atoms with Gasteiger partial charge < -0.3 is 28.6 Å². The third kappa shape index (κ3) is 7.03. The molecule has 0 aliphatic rings. The van der Waals surface area contributed by atoms with E-state index in [4.69, 9.17) is 18.4 Å². The first-order valence-electron chi connectivity index (χ1n) is 12.7. The first kappa shape index (κ1) is 28.8. The molecule has 10 nitrogen and oxygen atoms in total. The summed E-state index contributed by atoms with van der Waals surface area (Å²) in [5.74, 6) is 1.73. The molecule has 210 valence electrons. The average molecular weight is 565 g/mol. The number of carbonyl (C=O) groups excluding carboxylic acids is 2. The molecule has 1 N–H and O–H groups in total. The molecule has 1 aromatic carbocycles. The molecule has 3 aromatic heterocycles. The van der Waals surface area contributed by atoms with E-state index in [2.05, 4.69) is 15.5 Å². The van der Waals surface area contributed by atoms with E-state index < -0.39 is 11.9 Å². The Morgan fingerprint density at radius 1 is 1.10 bits per heavy atom. The lowest BCUT2D eigenvalue weighted by molar-refractivity contribution is -0.126. The molecule has 40 heavy (non-hydrogen) atoms. The van der Waals surface area contributed by atoms with E-state index in [1.54, 1.807) is 79.9 Å². The Morgan fingerprint density at radius 3 is 2.62 bits per heavy atom. The van der Waals surface area contributed by atoms with Gasteiger partial charge in [0.15, 0.2) is 5.76 Å². The number of pyridine rings is 1. The second-order valence-corrected chi connectivity index (χ2v) is 9.81. The van der Waals surface area contributed by atoms with Gasteiger partial charge in [-0.1, -0.05) is 5.16 Å². The van der Waals surface area contributed by atoms with Crippen molar-refractivity contribution in [3.63, 3.8) is 0 Å². The van der Waals surface area contributed by atoms with Gasteiger partial charge in [-0.2, -0.15) is 11.8 Å². The van der Waals surface area contributed by atoms with Gasteiger partial charge in [0.05, 0.1) is 20.4 Å². The van der Waals surface area contributed by atoms with Crippen LogP contribution in [0.2, 0.25) is 0 Å². The normalized spacial score (nSPS) is 11.6. The first-order chi connectivity index (χ1) is 19.5. The zero-order chi connectivity index (χ0) is 28.3. The Kier molecular flexibility index (Phi) is 10.2. The van der Waals surface area contributed by atoms with E-state index in [0.29, 0.717) is 35.8 Å². The van der Waals surface area contributed by atoms with Gasteiger partial charge in [0.1, 0.15) is 29.6 Å². The first-order valence-corrected chi connectivity index (χ1v) is 14.1. The number of amides is 2. The minimum atomic E-state index is -1.02. The average Bonchev–Trinajstić information content (AvgIpc) is 3.70. The van der Waals surface area contributed by atoms with Gasteiger partial charge in [-0.25, -0.2) is 0 Å². The molecule has 11 heteroatoms. The van der Waals surface area contributed by atoms with Crippen LogP contribution in [0.5, 0.6) is 11.5 Å². The maximum absolute atomic E-state index is 14.1. The number of thioether (sulfide) groups is 1. The monoisotopic (exact) mass is 564 g/mol. The highest BCUT2D eigenvalue weighted by Gasteiger charge is 2.35. The molecule has 0 saturated heterocycles. The molecule has 0 fully saturated rings. The van der Waals surface area contributed by atoms with Crippen LogP contribution in [0.25, 0.3) is 11.3 Å². The summed E-state index contributed by atoms with van der Waals surface area (Å²) in [4.78, 5) is 33.5. The molecule has 3 heterocycles. The third-order valence-corrected chi connectivity index (χ3v) is 6.98. The van der Waals surface area contributed by atoms with Crippen LogP contribution in [0.4, 0.5) is 0 Å². The Bertz CT molecular complexity index is 1380. The van der Waals surface area contributed by atoms with Gasteiger partial charge in [0.25, 0.3) is 5.91 Å². The van der Waals surface area contributed by atoms with Crippen LogP contribution in [-0.2, 0) is 11.2 Å². The molecule has 1 atom stereocenters. The van der Waals surface area contributed by atoms with Crippen LogP contribution in [0.3, 0.4) is 0 Å². The number of rotatable bonds is 14. The number of nitrogens with zero attached hydrogens (tertiary/aromatic N) is 3. The van der Waals surface area contributed by atoms with Crippen molar-refractivity contribution in [2.45, 2.75) is 18.9 Å². The maximum atomic E-state index is 14.1. The van der Waals surface area contributed by atoms with Crippen LogP contribution in [0.15, 0.2) is 76.3 Å². The highest BCUT2D eigenvalue weighted by molar-refractivity contribution is 7.98. The highest BCUT2D eigenvalue weighted by atomic mass is 32.2. The van der Waals surface area contributed by atoms with Gasteiger partial charge in [-0.3, -0.25) is 14.6 Å². The van der Waals surface area contributed by atoms with Gasteiger partial charge >= 0.3 is 0 Å². The van der Waals surface area contributed by atoms with Gasteiger partial charge in [0, 0.05) is 48.2 Å². The summed E-state index contributed by atoms with van der Waals surface area (Å²) in [5.41, 5.74) is 2.09. The van der Waals surface area contributed by atoms with Crippen molar-refractivity contribution in [2.24, 2.45) is 0 Å². The van der Waals surface area contributed by atoms with Crippen LogP contribution in [-0.4, -0.2) is 66.2 Å². The summed E-state index contributed by atoms with van der Waals surface area (Å²) in [6, 6.07) is 11.1. The fourth-order valence-corrected chi connectivity index (χ4v) is 4.67. The second-order valence-electron chi connectivity index (χ2n) is 8.83. The zero-order valence-electron chi connectivity index (χ0n) is 22.7. The Balaban J connectivity index is 1.74. The number of hydrogen-bond donors (Lipinski definition) is 1. The lowest BCUT2D eigenvalue weighted by Crippen LogP contribution is -2.45. The summed E-state index contributed by atoms with van der Waals surface area (Å²) in [7, 11) is 3.07. The topological polar surface area (TPSA) is 120 Å². The molecule has 0 saturated carbocycles. The molecule has 0 bridgehead atoms. The summed E-state index contributed by atoms with van der Waals surface area (Å²) in [5, 5.41) is 6.77. The van der Waals surface area contributed by atoms with Crippen LogP contribution in [0, 0.1) is 0 Å². The molecule has 0 radical (unpaired) electrons. The summed E-state index contributed by atoms with van der Waals surface area (Å²) in [6.45, 7) is 0.651. The number of benzene rings is 1. The fourth-order valence-electron chi connectivity index (χ4n) is 4.23. The molecule has 1 unspecified atom stereocenters. The van der Waals surface area contributed by atoms with Crippen molar-refractivity contribution in [3.05, 3.63) is 84.2 Å². The largest absolute Gasteiger partial charge is 0.497 e. The van der Waals surface area contributed by atoms with E-state index in [9.17, 15) is 9.59 Å². The van der Waals surface area contributed by atoms with E-state index in [0.717, 1.165) is 23.3 Å². The quantitative estimate of drug-likeness (QED) is 0.218. The van der Waals surface area contributed by atoms with E-state index in [-0.39, 0.29) is 18.2 Å². The molecule has 0 aliphatic heterocycles. The molecular formula is C29H32N4O6S. The number of ether oxygens (including phenoxy) is 2. The van der Waals surface area contributed by atoms with Crippen molar-refractivity contribution in [2.75, 3.05) is 39.3 Å². The van der Waals surface area contributed by atoms with Gasteiger partial charge in [-0.15, -0.1) is 0 Å². The summed E-state index contributed by atoms with van der Waals surface area (Å²) >= 11 is 1.70. The number of methoxy groups -OCH3 is 2. The second kappa shape index (κ2) is 14.2. The molecule has 0 spiro atoms. The highest BCUT2D eigenvalue weighted by Crippen LogP contribution is 2.34. The number of carbonyl (C=O) groups is 2. The SMILES string of the molecule is COc1ccc(C(C(=O)NCCCSC)N(CCc2cnoc2)C(=O)c2ccc(-c3ccncc3)o2)c(OC)c1. The zero-order valence-corrected chi connectivity index (χ0v) is 23.5. The van der Waals surface area contributed by atoms with E-state index in [1.807, 2.05) is 6.26 Å². The Hall–Kier alpha value is -4.25. The summed E-state index contributed by atoms with van der Waals surface area (Å²) < 4.78 is 22.0. The molecule has 0 aliphatic carbocycles. The fraction of sp³-hybridized carbons (Fsp3) is 0.310. The lowest BCUT2D eigenvalue weighted by Gasteiger charge is -2.31. The van der Waals surface area contributed by atoms with E-state index in [1.165, 1.54) is 18.3 Å². The van der Waals surface area contributed by atoms with Crippen molar-refractivity contribution < 1.29 is 28.0 Å². The van der Waals surface area contributed by atoms with Crippen LogP contribution < -0.4 is 14.8 Å². The molecule has 4 aromatic rings. The molecule has 4 rings (SSSR count). The number of hydrogen-bond acceptors (Lipinski definition) is 9. The minimum absolute atomic E-state index is 0.102. The van der Waals surface area contributed by atoms with E-state index >= 15 is 0 Å². The maximum Gasteiger partial charge on any atom is 0.290 e. The van der Waals surface area contributed by atoms with Crippen molar-refractivity contribution in [3.8, 4) is 22.8 Å². The minimum Gasteiger partial charge on any atom is -0.497 e. The number of furan rings is 1. The van der Waals surface area contributed by atoms with Crippen LogP contribution >= 0.6 is 11.8 Å². The molecule has 2 amide bonds. The number of aromatic nitrogens is 2. The predicted molar refractivity (Wildman–Crippen MR) is 151 cm³/mol. The van der Waals surface area contributed by atoms with Gasteiger partial charge in [-0.05, 0) is 61.2 Å². The Labute approximate surface area is 237 Å². The summed E-state index contributed by atoms with van der Waals surface area (Å²) in [6.07, 6.45) is 9.62. The standard InChI is InChI=1S/C29H32N4O6S/c1-36-22-5-6-23(26(17-22)37-2)27(28(34)31-12-4-16-40-3)33(15-11-20-18-32-38-19-20)29(35)25-8-7-24(39-25)21-9-13-30-14-10-21/h5-10,13-14,17-19,27H,4,11-12,15-16H2,1-3H3,(H,31,34). The smallest absolute Gasteiger partial charge is 0.290 e. The van der Waals surface area contributed by atoms with Crippen molar-refractivity contribution >= 4 is 23.6 Å². The predicted octanol–water partition coefficient (Wildman–Crippen LogP) is 4.64. The lowest BCUT2D eigenvalue weighted by atomic mass is 10.0. The third-order valence-electron chi connectivity index (χ3n) is 6.29. The van der Waals surface area contributed by atoms with Crippen molar-refractivity contribution in [1.29, 1.82) is 0 Å². The Morgan fingerprint density at radius 2 is 1.93 bits per heavy atom. The number of nitrogens with one attached hydrogen (secondary N) is 1.